The van der Waals surface area contributed by atoms with E-state index in [9.17, 15) is 13.2 Å². The van der Waals surface area contributed by atoms with Crippen LogP contribution < -0.4 is 5.32 Å². The van der Waals surface area contributed by atoms with Crippen LogP contribution in [0.25, 0.3) is 22.3 Å². The van der Waals surface area contributed by atoms with Crippen molar-refractivity contribution in [3.05, 3.63) is 35.8 Å². The van der Waals surface area contributed by atoms with Gasteiger partial charge in [-0.2, -0.15) is 18.3 Å². The smallest absolute Gasteiger partial charge is 0.346 e. The Kier molecular flexibility index (Phi) is 2.99. The lowest BCUT2D eigenvalue weighted by atomic mass is 9.98. The van der Waals surface area contributed by atoms with Crippen LogP contribution in [0, 0.1) is 0 Å². The predicted octanol–water partition coefficient (Wildman–Crippen LogP) is 2.67. The highest BCUT2D eigenvalue weighted by molar-refractivity contribution is 5.84. The minimum atomic E-state index is -4.41. The van der Waals surface area contributed by atoms with Crippen molar-refractivity contribution < 1.29 is 13.2 Å². The molecule has 0 spiro atoms. The van der Waals surface area contributed by atoms with Crippen molar-refractivity contribution in [2.75, 3.05) is 13.1 Å². The highest BCUT2D eigenvalue weighted by Gasteiger charge is 2.34. The van der Waals surface area contributed by atoms with Crippen LogP contribution in [0.15, 0.2) is 24.5 Å². The molecule has 120 valence electrons. The second-order valence-electron chi connectivity index (χ2n) is 5.75. The van der Waals surface area contributed by atoms with E-state index in [0.29, 0.717) is 17.2 Å². The van der Waals surface area contributed by atoms with Gasteiger partial charge in [0.05, 0.1) is 11.3 Å². The van der Waals surface area contributed by atoms with Crippen LogP contribution in [0.1, 0.15) is 17.2 Å². The Hall–Kier alpha value is -2.35. The topological polar surface area (TPSA) is 58.5 Å². The fourth-order valence-electron chi connectivity index (χ4n) is 2.88. The van der Waals surface area contributed by atoms with Crippen LogP contribution in [0.3, 0.4) is 0 Å². The van der Waals surface area contributed by atoms with Crippen LogP contribution in [0.5, 0.6) is 0 Å². The third-order valence-electron chi connectivity index (χ3n) is 4.25. The summed E-state index contributed by atoms with van der Waals surface area (Å²) in [7, 11) is 1.85. The van der Waals surface area contributed by atoms with E-state index in [1.165, 1.54) is 6.07 Å². The Morgan fingerprint density at radius 2 is 2.04 bits per heavy atom. The highest BCUT2D eigenvalue weighted by atomic mass is 19.4. The van der Waals surface area contributed by atoms with Crippen LogP contribution in [-0.2, 0) is 13.2 Å². The van der Waals surface area contributed by atoms with Crippen molar-refractivity contribution in [2.45, 2.75) is 12.1 Å². The summed E-state index contributed by atoms with van der Waals surface area (Å²) < 4.78 is 40.9. The lowest BCUT2D eigenvalue weighted by Gasteiger charge is -2.26. The van der Waals surface area contributed by atoms with E-state index in [0.717, 1.165) is 25.0 Å². The molecule has 0 atom stereocenters. The molecule has 0 aliphatic carbocycles. The molecule has 0 amide bonds. The second-order valence-corrected chi connectivity index (χ2v) is 5.75. The van der Waals surface area contributed by atoms with E-state index in [2.05, 4.69) is 20.4 Å². The number of aromatic nitrogens is 4. The number of aryl methyl sites for hydroxylation is 1. The first-order valence-electron chi connectivity index (χ1n) is 7.23. The lowest BCUT2D eigenvalue weighted by molar-refractivity contribution is -0.136. The number of alkyl halides is 3. The van der Waals surface area contributed by atoms with Gasteiger partial charge >= 0.3 is 6.18 Å². The fraction of sp³-hybridized carbons (Fsp3) is 0.333. The molecule has 0 unspecified atom stereocenters. The summed E-state index contributed by atoms with van der Waals surface area (Å²) in [5.41, 5.74) is 1.81. The molecule has 1 saturated heterocycles. The summed E-state index contributed by atoms with van der Waals surface area (Å²) in [6.45, 7) is 1.79. The Morgan fingerprint density at radius 1 is 1.26 bits per heavy atom. The quantitative estimate of drug-likeness (QED) is 0.763. The summed E-state index contributed by atoms with van der Waals surface area (Å²) in [6.07, 6.45) is -1.92. The van der Waals surface area contributed by atoms with Crippen LogP contribution in [-0.4, -0.2) is 32.8 Å². The van der Waals surface area contributed by atoms with E-state index in [1.807, 2.05) is 13.1 Å². The number of rotatable bonds is 2. The number of H-pyrrole nitrogens is 1. The molecule has 1 fully saturated rings. The first-order valence-corrected chi connectivity index (χ1v) is 7.23. The molecule has 3 aromatic rings. The van der Waals surface area contributed by atoms with Crippen molar-refractivity contribution in [3.8, 4) is 11.3 Å². The van der Waals surface area contributed by atoms with Gasteiger partial charge in [0.25, 0.3) is 0 Å². The van der Waals surface area contributed by atoms with Gasteiger partial charge in [-0.1, -0.05) is 0 Å². The summed E-state index contributed by atoms with van der Waals surface area (Å²) in [6, 6.07) is 3.42. The standard InChI is InChI=1S/C15H14F3N5/c1-23-13(9-4-19-5-9)3-12(22-23)8-2-10-11(15(16,17)18)7-21-14(10)20-6-8/h2-3,6-7,9,19H,4-5H2,1H3,(H,20,21). The second kappa shape index (κ2) is 4.82. The first-order chi connectivity index (χ1) is 10.9. The van der Waals surface area contributed by atoms with Crippen molar-refractivity contribution >= 4 is 11.0 Å². The van der Waals surface area contributed by atoms with Gasteiger partial charge in [-0.25, -0.2) is 4.98 Å². The molecule has 0 aromatic carbocycles. The largest absolute Gasteiger partial charge is 0.418 e. The van der Waals surface area contributed by atoms with E-state index in [-0.39, 0.29) is 11.0 Å². The molecule has 4 heterocycles. The van der Waals surface area contributed by atoms with Crippen LogP contribution in [0.2, 0.25) is 0 Å². The summed E-state index contributed by atoms with van der Waals surface area (Å²) in [5, 5.41) is 7.68. The van der Waals surface area contributed by atoms with Gasteiger partial charge in [0, 0.05) is 55.1 Å². The zero-order chi connectivity index (χ0) is 16.2. The molecule has 4 rings (SSSR count). The number of halogens is 3. The molecule has 0 radical (unpaired) electrons. The maximum absolute atomic E-state index is 13.0. The Bertz CT molecular complexity index is 873. The molecular formula is C15H14F3N5. The van der Waals surface area contributed by atoms with Gasteiger partial charge in [-0.05, 0) is 12.1 Å². The number of nitrogens with one attached hydrogen (secondary N) is 2. The van der Waals surface area contributed by atoms with Gasteiger partial charge in [0.15, 0.2) is 0 Å². The van der Waals surface area contributed by atoms with E-state index < -0.39 is 11.7 Å². The molecule has 8 heteroatoms. The normalized spacial score (nSPS) is 16.0. The van der Waals surface area contributed by atoms with E-state index >= 15 is 0 Å². The van der Waals surface area contributed by atoms with E-state index in [4.69, 9.17) is 0 Å². The maximum Gasteiger partial charge on any atom is 0.418 e. The van der Waals surface area contributed by atoms with Gasteiger partial charge in [0.2, 0.25) is 0 Å². The number of aromatic amines is 1. The molecule has 1 aliphatic rings. The number of hydrogen-bond acceptors (Lipinski definition) is 3. The molecule has 0 saturated carbocycles. The average Bonchev–Trinajstić information content (AvgIpc) is 3.00. The van der Waals surface area contributed by atoms with E-state index in [1.54, 1.807) is 10.9 Å². The Balaban J connectivity index is 1.80. The van der Waals surface area contributed by atoms with Gasteiger partial charge < -0.3 is 10.3 Å². The average molecular weight is 321 g/mol. The molecule has 0 bridgehead atoms. The lowest BCUT2D eigenvalue weighted by Crippen LogP contribution is -2.40. The Morgan fingerprint density at radius 3 is 2.70 bits per heavy atom. The van der Waals surface area contributed by atoms with Crippen molar-refractivity contribution in [1.82, 2.24) is 25.1 Å². The zero-order valence-electron chi connectivity index (χ0n) is 12.3. The monoisotopic (exact) mass is 321 g/mol. The van der Waals surface area contributed by atoms with Crippen molar-refractivity contribution in [2.24, 2.45) is 7.05 Å². The van der Waals surface area contributed by atoms with Crippen LogP contribution >= 0.6 is 0 Å². The summed E-state index contributed by atoms with van der Waals surface area (Å²) in [5.74, 6) is 0.399. The van der Waals surface area contributed by atoms with Gasteiger partial charge in [-0.15, -0.1) is 0 Å². The molecule has 23 heavy (non-hydrogen) atoms. The minimum absolute atomic E-state index is 0.0625. The maximum atomic E-state index is 13.0. The SMILES string of the molecule is Cn1nc(-c2cnc3[nH]cc(C(F)(F)F)c3c2)cc1C1CNC1. The molecule has 1 aliphatic heterocycles. The first kappa shape index (κ1) is 14.3. The number of hydrogen-bond donors (Lipinski definition) is 2. The molecular weight excluding hydrogens is 307 g/mol. The number of pyridine rings is 1. The minimum Gasteiger partial charge on any atom is -0.346 e. The van der Waals surface area contributed by atoms with Gasteiger partial charge in [0.1, 0.15) is 5.65 Å². The Labute approximate surface area is 129 Å². The highest BCUT2D eigenvalue weighted by Crippen LogP contribution is 2.36. The van der Waals surface area contributed by atoms with Crippen molar-refractivity contribution in [3.63, 3.8) is 0 Å². The third kappa shape index (κ3) is 2.29. The molecule has 2 N–H and O–H groups in total. The van der Waals surface area contributed by atoms with Gasteiger partial charge in [-0.3, -0.25) is 4.68 Å². The zero-order valence-corrected chi connectivity index (χ0v) is 12.3. The predicted molar refractivity (Wildman–Crippen MR) is 78.9 cm³/mol. The van der Waals surface area contributed by atoms with Crippen LogP contribution in [0.4, 0.5) is 13.2 Å². The number of nitrogens with zero attached hydrogens (tertiary/aromatic N) is 3. The summed E-state index contributed by atoms with van der Waals surface area (Å²) in [4.78, 5) is 6.65. The fourth-order valence-corrected chi connectivity index (χ4v) is 2.88. The third-order valence-corrected chi connectivity index (χ3v) is 4.25. The molecule has 3 aromatic heterocycles. The number of fused-ring (bicyclic) bond motifs is 1. The van der Waals surface area contributed by atoms with Crippen molar-refractivity contribution in [1.29, 1.82) is 0 Å². The summed E-state index contributed by atoms with van der Waals surface area (Å²) >= 11 is 0. The molecule has 5 nitrogen and oxygen atoms in total.